The maximum Gasteiger partial charge on any atom is 0.194 e. The SMILES string of the molecule is CN=C(NCc1ccco1)N1CCSC(C(C)C)C1.I. The normalized spacial score (nSPS) is 19.9. The largest absolute Gasteiger partial charge is 0.467 e. The summed E-state index contributed by atoms with van der Waals surface area (Å²) in [6, 6.07) is 3.88. The quantitative estimate of drug-likeness (QED) is 0.474. The van der Waals surface area contributed by atoms with Crippen LogP contribution in [-0.2, 0) is 6.54 Å². The van der Waals surface area contributed by atoms with Crippen molar-refractivity contribution >= 4 is 41.7 Å². The first kappa shape index (κ1) is 17.7. The third-order valence-corrected chi connectivity index (χ3v) is 4.89. The van der Waals surface area contributed by atoms with E-state index in [4.69, 9.17) is 4.42 Å². The van der Waals surface area contributed by atoms with Crippen molar-refractivity contribution in [3.05, 3.63) is 24.2 Å². The Hall–Kier alpha value is -0.370. The maximum absolute atomic E-state index is 5.33. The van der Waals surface area contributed by atoms with Crippen molar-refractivity contribution in [2.24, 2.45) is 10.9 Å². The Morgan fingerprint density at radius 1 is 1.60 bits per heavy atom. The molecule has 2 rings (SSSR count). The van der Waals surface area contributed by atoms with Gasteiger partial charge in [0.1, 0.15) is 5.76 Å². The van der Waals surface area contributed by atoms with Gasteiger partial charge in [0, 0.05) is 31.1 Å². The molecule has 0 aliphatic carbocycles. The van der Waals surface area contributed by atoms with E-state index in [9.17, 15) is 0 Å². The van der Waals surface area contributed by atoms with Crippen molar-refractivity contribution in [2.75, 3.05) is 25.9 Å². The van der Waals surface area contributed by atoms with E-state index in [-0.39, 0.29) is 24.0 Å². The molecule has 0 bridgehead atoms. The van der Waals surface area contributed by atoms with Crippen LogP contribution in [0, 0.1) is 5.92 Å². The molecule has 1 saturated heterocycles. The minimum Gasteiger partial charge on any atom is -0.467 e. The Labute approximate surface area is 142 Å². The Morgan fingerprint density at radius 2 is 2.40 bits per heavy atom. The number of rotatable bonds is 3. The van der Waals surface area contributed by atoms with Crippen LogP contribution in [0.2, 0.25) is 0 Å². The summed E-state index contributed by atoms with van der Waals surface area (Å²) in [5, 5.41) is 4.06. The van der Waals surface area contributed by atoms with Gasteiger partial charge in [-0.05, 0) is 18.1 Å². The maximum atomic E-state index is 5.33. The van der Waals surface area contributed by atoms with Gasteiger partial charge in [-0.15, -0.1) is 24.0 Å². The molecule has 1 N–H and O–H groups in total. The first-order valence-corrected chi connectivity index (χ1v) is 7.85. The highest BCUT2D eigenvalue weighted by atomic mass is 127. The summed E-state index contributed by atoms with van der Waals surface area (Å²) in [5.41, 5.74) is 0. The van der Waals surface area contributed by atoms with Crippen LogP contribution in [0.1, 0.15) is 19.6 Å². The summed E-state index contributed by atoms with van der Waals surface area (Å²) in [7, 11) is 1.84. The van der Waals surface area contributed by atoms with Gasteiger partial charge in [0.05, 0.1) is 12.8 Å². The fourth-order valence-electron chi connectivity index (χ4n) is 2.18. The molecular weight excluding hydrogens is 385 g/mol. The average Bonchev–Trinajstić information content (AvgIpc) is 2.93. The summed E-state index contributed by atoms with van der Waals surface area (Å²) in [5.74, 6) is 3.79. The van der Waals surface area contributed by atoms with Crippen LogP contribution in [-0.4, -0.2) is 42.0 Å². The molecule has 2 heterocycles. The van der Waals surface area contributed by atoms with E-state index in [1.165, 1.54) is 5.75 Å². The van der Waals surface area contributed by atoms with Gasteiger partial charge in [-0.3, -0.25) is 4.99 Å². The molecule has 1 aromatic rings. The molecule has 1 atom stereocenters. The van der Waals surface area contributed by atoms with Gasteiger partial charge in [-0.1, -0.05) is 13.8 Å². The lowest BCUT2D eigenvalue weighted by Gasteiger charge is -2.36. The fourth-order valence-corrected chi connectivity index (χ4v) is 3.48. The highest BCUT2D eigenvalue weighted by Crippen LogP contribution is 2.24. The van der Waals surface area contributed by atoms with Gasteiger partial charge in [0.2, 0.25) is 0 Å². The number of hydrogen-bond acceptors (Lipinski definition) is 3. The first-order valence-electron chi connectivity index (χ1n) is 6.80. The minimum atomic E-state index is 0. The van der Waals surface area contributed by atoms with E-state index in [0.717, 1.165) is 24.8 Å². The summed E-state index contributed by atoms with van der Waals surface area (Å²) < 4.78 is 5.33. The van der Waals surface area contributed by atoms with Gasteiger partial charge in [-0.25, -0.2) is 0 Å². The Morgan fingerprint density at radius 3 is 3.00 bits per heavy atom. The number of halogens is 1. The predicted molar refractivity (Wildman–Crippen MR) is 97.0 cm³/mol. The van der Waals surface area contributed by atoms with Crippen molar-refractivity contribution < 1.29 is 4.42 Å². The summed E-state index contributed by atoms with van der Waals surface area (Å²) in [6.07, 6.45) is 1.70. The standard InChI is InChI=1S/C14H23N3OS.HI/c1-11(2)13-10-17(6-8-19-13)14(15-3)16-9-12-5-4-7-18-12;/h4-5,7,11,13H,6,8-10H2,1-3H3,(H,15,16);1H. The number of nitrogens with zero attached hydrogens (tertiary/aromatic N) is 2. The van der Waals surface area contributed by atoms with Crippen molar-refractivity contribution in [1.29, 1.82) is 0 Å². The molecule has 6 heteroatoms. The monoisotopic (exact) mass is 409 g/mol. The third-order valence-electron chi connectivity index (χ3n) is 3.35. The van der Waals surface area contributed by atoms with E-state index in [1.807, 2.05) is 19.2 Å². The van der Waals surface area contributed by atoms with Crippen LogP contribution in [0.15, 0.2) is 27.8 Å². The zero-order valence-corrected chi connectivity index (χ0v) is 15.5. The van der Waals surface area contributed by atoms with Gasteiger partial charge < -0.3 is 14.6 Å². The molecule has 1 unspecified atom stereocenters. The van der Waals surface area contributed by atoms with Crippen molar-refractivity contribution in [2.45, 2.75) is 25.6 Å². The number of thioether (sulfide) groups is 1. The van der Waals surface area contributed by atoms with Gasteiger partial charge in [0.25, 0.3) is 0 Å². The van der Waals surface area contributed by atoms with Crippen LogP contribution in [0.3, 0.4) is 0 Å². The Bertz CT molecular complexity index is 409. The number of furan rings is 1. The number of hydrogen-bond donors (Lipinski definition) is 1. The lowest BCUT2D eigenvalue weighted by molar-refractivity contribution is 0.378. The van der Waals surface area contributed by atoms with E-state index in [0.29, 0.717) is 17.7 Å². The second-order valence-electron chi connectivity index (χ2n) is 5.08. The molecule has 0 radical (unpaired) electrons. The molecule has 0 spiro atoms. The molecule has 1 aromatic heterocycles. The van der Waals surface area contributed by atoms with Crippen LogP contribution in [0.5, 0.6) is 0 Å². The van der Waals surface area contributed by atoms with Gasteiger partial charge in [-0.2, -0.15) is 11.8 Å². The van der Waals surface area contributed by atoms with Crippen LogP contribution in [0.4, 0.5) is 0 Å². The zero-order valence-electron chi connectivity index (χ0n) is 12.3. The van der Waals surface area contributed by atoms with E-state index in [1.54, 1.807) is 6.26 Å². The summed E-state index contributed by atoms with van der Waals surface area (Å²) >= 11 is 2.08. The van der Waals surface area contributed by atoms with Crippen LogP contribution < -0.4 is 5.32 Å². The topological polar surface area (TPSA) is 40.8 Å². The second-order valence-corrected chi connectivity index (χ2v) is 6.43. The van der Waals surface area contributed by atoms with E-state index in [2.05, 4.69) is 40.8 Å². The lowest BCUT2D eigenvalue weighted by atomic mass is 10.1. The molecule has 114 valence electrons. The van der Waals surface area contributed by atoms with Crippen LogP contribution in [0.25, 0.3) is 0 Å². The predicted octanol–water partition coefficient (Wildman–Crippen LogP) is 3.05. The Kier molecular flexibility index (Phi) is 7.79. The molecular formula is C14H24IN3OS. The highest BCUT2D eigenvalue weighted by molar-refractivity contribution is 14.0. The van der Waals surface area contributed by atoms with E-state index < -0.39 is 0 Å². The van der Waals surface area contributed by atoms with Crippen LogP contribution >= 0.6 is 35.7 Å². The average molecular weight is 409 g/mol. The van der Waals surface area contributed by atoms with Crippen molar-refractivity contribution in [3.63, 3.8) is 0 Å². The summed E-state index contributed by atoms with van der Waals surface area (Å²) in [4.78, 5) is 6.74. The smallest absolute Gasteiger partial charge is 0.194 e. The molecule has 0 amide bonds. The zero-order chi connectivity index (χ0) is 13.7. The molecule has 4 nitrogen and oxygen atoms in total. The fraction of sp³-hybridized carbons (Fsp3) is 0.643. The molecule has 0 aromatic carbocycles. The van der Waals surface area contributed by atoms with E-state index >= 15 is 0 Å². The molecule has 0 saturated carbocycles. The molecule has 1 aliphatic rings. The number of nitrogens with one attached hydrogen (secondary N) is 1. The summed E-state index contributed by atoms with van der Waals surface area (Å²) in [6.45, 7) is 7.40. The minimum absolute atomic E-state index is 0. The highest BCUT2D eigenvalue weighted by Gasteiger charge is 2.24. The lowest BCUT2D eigenvalue weighted by Crippen LogP contribution is -2.48. The molecule has 20 heavy (non-hydrogen) atoms. The third kappa shape index (κ3) is 4.87. The molecule has 1 aliphatic heterocycles. The second kappa shape index (κ2) is 8.81. The first-order chi connectivity index (χ1) is 9.20. The number of guanidine groups is 1. The van der Waals surface area contributed by atoms with Crippen molar-refractivity contribution in [1.82, 2.24) is 10.2 Å². The number of aliphatic imine (C=N–C) groups is 1. The van der Waals surface area contributed by atoms with Gasteiger partial charge >= 0.3 is 0 Å². The van der Waals surface area contributed by atoms with Crippen molar-refractivity contribution in [3.8, 4) is 0 Å². The Balaban J connectivity index is 0.00000200. The molecule has 1 fully saturated rings. The van der Waals surface area contributed by atoms with Gasteiger partial charge in [0.15, 0.2) is 5.96 Å².